The third kappa shape index (κ3) is 4.74. The van der Waals surface area contributed by atoms with E-state index in [0.29, 0.717) is 24.9 Å². The maximum atomic E-state index is 13.3. The maximum absolute atomic E-state index is 13.3. The molecule has 0 saturated carbocycles. The Balaban J connectivity index is 1.50. The van der Waals surface area contributed by atoms with Crippen molar-refractivity contribution in [3.05, 3.63) is 58.9 Å². The highest BCUT2D eigenvalue weighted by Crippen LogP contribution is 2.22. The van der Waals surface area contributed by atoms with Crippen molar-refractivity contribution in [1.29, 1.82) is 0 Å². The molecule has 1 amide bonds. The summed E-state index contributed by atoms with van der Waals surface area (Å²) in [6, 6.07) is 10.3. The number of carbonyl (C=O) groups excluding carboxylic acids is 1. The van der Waals surface area contributed by atoms with E-state index in [-0.39, 0.29) is 5.91 Å². The molecule has 1 unspecified atom stereocenters. The molecule has 4 rings (SSSR count). The minimum absolute atomic E-state index is 0.00926. The van der Waals surface area contributed by atoms with Crippen molar-refractivity contribution in [1.82, 2.24) is 19.2 Å². The molecule has 3 aromatic rings. The lowest BCUT2D eigenvalue weighted by atomic mass is 10.1. The minimum atomic E-state index is -0.00926. The zero-order valence-electron chi connectivity index (χ0n) is 17.8. The largest absolute Gasteiger partial charge is 0.377 e. The predicted octanol–water partition coefficient (Wildman–Crippen LogP) is 3.71. The molecule has 1 aliphatic rings. The summed E-state index contributed by atoms with van der Waals surface area (Å²) in [5.41, 5.74) is 2.78. The van der Waals surface area contributed by atoms with Gasteiger partial charge in [-0.2, -0.15) is 0 Å². The molecule has 2 aromatic heterocycles. The molecule has 1 atom stereocenters. The van der Waals surface area contributed by atoms with E-state index in [4.69, 9.17) is 9.72 Å². The molecule has 6 nitrogen and oxygen atoms in total. The Morgan fingerprint density at radius 3 is 2.90 bits per heavy atom. The maximum Gasteiger partial charge on any atom is 0.274 e. The Morgan fingerprint density at radius 1 is 1.33 bits per heavy atom. The van der Waals surface area contributed by atoms with Gasteiger partial charge in [-0.15, -0.1) is 11.3 Å². The van der Waals surface area contributed by atoms with Gasteiger partial charge in [-0.25, -0.2) is 4.98 Å². The summed E-state index contributed by atoms with van der Waals surface area (Å²) in [7, 11) is 1.87. The Morgan fingerprint density at radius 2 is 2.17 bits per heavy atom. The van der Waals surface area contributed by atoms with E-state index in [9.17, 15) is 4.79 Å². The Hall–Kier alpha value is -2.22. The van der Waals surface area contributed by atoms with Gasteiger partial charge >= 0.3 is 0 Å². The number of benzene rings is 1. The molecule has 160 valence electrons. The summed E-state index contributed by atoms with van der Waals surface area (Å²) < 4.78 is 7.90. The van der Waals surface area contributed by atoms with Crippen molar-refractivity contribution in [3.8, 4) is 0 Å². The first-order valence-electron chi connectivity index (χ1n) is 10.7. The van der Waals surface area contributed by atoms with Crippen LogP contribution in [0.5, 0.6) is 0 Å². The molecule has 0 bridgehead atoms. The zero-order valence-corrected chi connectivity index (χ0v) is 18.6. The molecule has 0 radical (unpaired) electrons. The van der Waals surface area contributed by atoms with Crippen LogP contribution in [-0.4, -0.2) is 64.5 Å². The van der Waals surface area contributed by atoms with Crippen molar-refractivity contribution in [3.63, 3.8) is 0 Å². The van der Waals surface area contributed by atoms with E-state index in [1.165, 1.54) is 5.56 Å². The average Bonchev–Trinajstić information content (AvgIpc) is 3.51. The number of fused-ring (bicyclic) bond motifs is 1. The van der Waals surface area contributed by atoms with Gasteiger partial charge in [-0.3, -0.25) is 14.1 Å². The number of aromatic nitrogens is 2. The van der Waals surface area contributed by atoms with Gasteiger partial charge in [0.25, 0.3) is 5.91 Å². The molecule has 1 aliphatic heterocycles. The summed E-state index contributed by atoms with van der Waals surface area (Å²) >= 11 is 1.57. The van der Waals surface area contributed by atoms with Gasteiger partial charge in [0, 0.05) is 44.9 Å². The van der Waals surface area contributed by atoms with Crippen molar-refractivity contribution >= 4 is 22.2 Å². The van der Waals surface area contributed by atoms with Crippen LogP contribution in [0.3, 0.4) is 0 Å². The molecule has 0 spiro atoms. The second kappa shape index (κ2) is 9.73. The number of ether oxygens (including phenoxy) is 1. The van der Waals surface area contributed by atoms with Crippen LogP contribution in [0.1, 0.15) is 41.5 Å². The first-order valence-corrected chi connectivity index (χ1v) is 11.6. The second-order valence-corrected chi connectivity index (χ2v) is 8.76. The lowest BCUT2D eigenvalue weighted by Gasteiger charge is -2.24. The first-order chi connectivity index (χ1) is 14.7. The van der Waals surface area contributed by atoms with Gasteiger partial charge in [0.1, 0.15) is 0 Å². The fourth-order valence-corrected chi connectivity index (χ4v) is 4.71. The fourth-order valence-electron chi connectivity index (χ4n) is 3.97. The van der Waals surface area contributed by atoms with Crippen LogP contribution in [0.25, 0.3) is 4.96 Å². The van der Waals surface area contributed by atoms with Crippen molar-refractivity contribution < 1.29 is 9.53 Å². The highest BCUT2D eigenvalue weighted by Gasteiger charge is 2.25. The SMILES string of the molecule is CCN(Cc1c(C(=O)N(C)CCc2ccccc2)nc2sccn12)CC1CCCO1. The highest BCUT2D eigenvalue weighted by molar-refractivity contribution is 7.15. The molecule has 30 heavy (non-hydrogen) atoms. The quantitative estimate of drug-likeness (QED) is 0.523. The molecule has 0 N–H and O–H groups in total. The third-order valence-electron chi connectivity index (χ3n) is 5.80. The minimum Gasteiger partial charge on any atom is -0.377 e. The molecule has 7 heteroatoms. The summed E-state index contributed by atoms with van der Waals surface area (Å²) in [5, 5.41) is 2.02. The van der Waals surface area contributed by atoms with Gasteiger partial charge < -0.3 is 9.64 Å². The van der Waals surface area contributed by atoms with Crippen LogP contribution >= 0.6 is 11.3 Å². The number of rotatable bonds is 9. The number of carbonyl (C=O) groups is 1. The van der Waals surface area contributed by atoms with Gasteiger partial charge in [0.2, 0.25) is 0 Å². The van der Waals surface area contributed by atoms with Gasteiger partial charge in [-0.05, 0) is 31.4 Å². The van der Waals surface area contributed by atoms with Crippen LogP contribution in [0, 0.1) is 0 Å². The predicted molar refractivity (Wildman–Crippen MR) is 120 cm³/mol. The van der Waals surface area contributed by atoms with Gasteiger partial charge in [0.15, 0.2) is 10.7 Å². The molecular formula is C23H30N4O2S. The Labute approximate surface area is 182 Å². The normalized spacial score (nSPS) is 16.6. The highest BCUT2D eigenvalue weighted by atomic mass is 32.1. The summed E-state index contributed by atoms with van der Waals surface area (Å²) in [4.78, 5) is 23.0. The number of hydrogen-bond donors (Lipinski definition) is 0. The smallest absolute Gasteiger partial charge is 0.274 e. The van der Waals surface area contributed by atoms with Crippen LogP contribution in [0.15, 0.2) is 41.9 Å². The van der Waals surface area contributed by atoms with E-state index in [2.05, 4.69) is 28.4 Å². The number of amides is 1. The first kappa shape index (κ1) is 21.0. The van der Waals surface area contributed by atoms with Crippen molar-refractivity contribution in [2.45, 2.75) is 38.8 Å². The molecule has 0 aliphatic carbocycles. The van der Waals surface area contributed by atoms with Gasteiger partial charge in [-0.1, -0.05) is 37.3 Å². The molecule has 3 heterocycles. The van der Waals surface area contributed by atoms with Crippen molar-refractivity contribution in [2.75, 3.05) is 33.3 Å². The number of thiazole rings is 1. The molecule has 1 saturated heterocycles. The lowest BCUT2D eigenvalue weighted by molar-refractivity contribution is 0.0712. The van der Waals surface area contributed by atoms with E-state index in [0.717, 1.165) is 49.6 Å². The van der Waals surface area contributed by atoms with Crippen LogP contribution in [0.4, 0.5) is 0 Å². The summed E-state index contributed by atoms with van der Waals surface area (Å²) in [5.74, 6) is -0.00926. The van der Waals surface area contributed by atoms with Crippen molar-refractivity contribution in [2.24, 2.45) is 0 Å². The third-order valence-corrected chi connectivity index (χ3v) is 6.55. The monoisotopic (exact) mass is 426 g/mol. The fraction of sp³-hybridized carbons (Fsp3) is 0.478. The lowest BCUT2D eigenvalue weighted by Crippen LogP contribution is -2.34. The number of likely N-dealkylation sites (N-methyl/N-ethyl adjacent to an activating group) is 2. The molecule has 1 fully saturated rings. The Kier molecular flexibility index (Phi) is 6.82. The van der Waals surface area contributed by atoms with Crippen LogP contribution < -0.4 is 0 Å². The van der Waals surface area contributed by atoms with Crippen LogP contribution in [0.2, 0.25) is 0 Å². The van der Waals surface area contributed by atoms with E-state index < -0.39 is 0 Å². The second-order valence-electron chi connectivity index (χ2n) is 7.89. The number of imidazole rings is 1. The van der Waals surface area contributed by atoms with E-state index >= 15 is 0 Å². The molecule has 1 aromatic carbocycles. The van der Waals surface area contributed by atoms with Gasteiger partial charge in [0.05, 0.1) is 11.8 Å². The standard InChI is InChI=1S/C23H30N4O2S/c1-3-26(16-19-10-7-14-29-19)17-20-21(24-23-27(20)13-15-30-23)22(28)25(2)12-11-18-8-5-4-6-9-18/h4-6,8-9,13,15,19H,3,7,10-12,14,16-17H2,1-2H3. The summed E-state index contributed by atoms with van der Waals surface area (Å²) in [6.45, 7) is 6.19. The zero-order chi connectivity index (χ0) is 20.9. The van der Waals surface area contributed by atoms with E-state index in [1.807, 2.05) is 36.8 Å². The summed E-state index contributed by atoms with van der Waals surface area (Å²) in [6.07, 6.45) is 5.40. The van der Waals surface area contributed by atoms with E-state index in [1.54, 1.807) is 16.2 Å². The number of nitrogens with zero attached hydrogens (tertiary/aromatic N) is 4. The Bertz CT molecular complexity index is 962. The number of hydrogen-bond acceptors (Lipinski definition) is 5. The topological polar surface area (TPSA) is 50.1 Å². The van der Waals surface area contributed by atoms with Crippen LogP contribution in [-0.2, 0) is 17.7 Å². The average molecular weight is 427 g/mol. The molecular weight excluding hydrogens is 396 g/mol.